The van der Waals surface area contributed by atoms with E-state index in [1.54, 1.807) is 0 Å². The van der Waals surface area contributed by atoms with Crippen LogP contribution in [-0.4, -0.2) is 17.3 Å². The van der Waals surface area contributed by atoms with Crippen molar-refractivity contribution in [3.05, 3.63) is 46.5 Å². The Bertz CT molecular complexity index is 502. The van der Waals surface area contributed by atoms with Crippen molar-refractivity contribution in [2.75, 3.05) is 0 Å². The Kier molecular flexibility index (Phi) is 2.66. The van der Waals surface area contributed by atoms with Gasteiger partial charge >= 0.3 is 0 Å². The first kappa shape index (κ1) is 12.1. The number of benzene rings is 1. The molecule has 0 bridgehead atoms. The van der Waals surface area contributed by atoms with E-state index in [1.807, 2.05) is 0 Å². The van der Waals surface area contributed by atoms with E-state index in [1.165, 1.54) is 5.56 Å². The summed E-state index contributed by atoms with van der Waals surface area (Å²) in [6.07, 6.45) is 9.17. The van der Waals surface area contributed by atoms with Gasteiger partial charge in [-0.25, -0.2) is 0 Å². The lowest BCUT2D eigenvalue weighted by Gasteiger charge is -2.15. The molecule has 0 aromatic heterocycles. The van der Waals surface area contributed by atoms with E-state index in [2.05, 4.69) is 52.3 Å². The summed E-state index contributed by atoms with van der Waals surface area (Å²) in [5.74, 6) is 0. The Hall–Kier alpha value is -0.640. The van der Waals surface area contributed by atoms with Crippen LogP contribution in [0, 0.1) is 0 Å². The minimum Gasteiger partial charge on any atom is -0.373 e. The number of rotatable bonds is 3. The molecular formula is C16H17BrO2. The first-order valence-electron chi connectivity index (χ1n) is 6.93. The monoisotopic (exact) mass is 320 g/mol. The van der Waals surface area contributed by atoms with E-state index in [0.29, 0.717) is 12.7 Å². The van der Waals surface area contributed by atoms with E-state index >= 15 is 0 Å². The molecule has 19 heavy (non-hydrogen) atoms. The summed E-state index contributed by atoms with van der Waals surface area (Å²) in [6.45, 7) is 0.706. The normalized spacial score (nSPS) is 36.1. The van der Waals surface area contributed by atoms with Crippen molar-refractivity contribution in [2.45, 2.75) is 49.6 Å². The summed E-state index contributed by atoms with van der Waals surface area (Å²) >= 11 is 3.45. The average molecular weight is 321 g/mol. The topological polar surface area (TPSA) is 21.8 Å². The van der Waals surface area contributed by atoms with E-state index in [0.717, 1.165) is 30.2 Å². The number of ether oxygens (including phenoxy) is 2. The van der Waals surface area contributed by atoms with E-state index in [4.69, 9.17) is 9.47 Å². The van der Waals surface area contributed by atoms with E-state index in [-0.39, 0.29) is 11.2 Å². The molecule has 3 heteroatoms. The predicted octanol–water partition coefficient (Wildman–Crippen LogP) is 3.99. The lowest BCUT2D eigenvalue weighted by molar-refractivity contribution is 0.00484. The van der Waals surface area contributed by atoms with Gasteiger partial charge in [0.1, 0.15) is 11.2 Å². The molecule has 0 amide bonds. The van der Waals surface area contributed by atoms with Gasteiger partial charge in [0.25, 0.3) is 0 Å². The Labute approximate surface area is 121 Å². The third-order valence-electron chi connectivity index (χ3n) is 4.76. The van der Waals surface area contributed by atoms with Gasteiger partial charge in [-0.1, -0.05) is 40.2 Å². The highest BCUT2D eigenvalue weighted by Gasteiger charge is 2.74. The molecule has 2 aliphatic carbocycles. The molecule has 1 aromatic rings. The SMILES string of the molecule is Brc1ccc(COC2C[C@]34CC=CC[C@]3(C2)O4)cc1. The molecule has 1 aliphatic heterocycles. The van der Waals surface area contributed by atoms with Crippen molar-refractivity contribution in [1.82, 2.24) is 0 Å². The van der Waals surface area contributed by atoms with E-state index in [9.17, 15) is 0 Å². The van der Waals surface area contributed by atoms with Gasteiger partial charge in [0, 0.05) is 17.3 Å². The standard InChI is InChI=1S/C16H17BrO2/c17-13-5-3-12(4-6-13)11-18-14-9-15-7-1-2-8-16(15,10-14)19-15/h1-6,14H,7-11H2/t15-,16-/m1/s1. The maximum atomic E-state index is 6.09. The smallest absolute Gasteiger partial charge is 0.104 e. The highest BCUT2D eigenvalue weighted by molar-refractivity contribution is 9.10. The van der Waals surface area contributed by atoms with Crippen LogP contribution >= 0.6 is 15.9 Å². The fourth-order valence-corrected chi connectivity index (χ4v) is 3.96. The Morgan fingerprint density at radius 3 is 2.37 bits per heavy atom. The molecular weight excluding hydrogens is 304 g/mol. The Morgan fingerprint density at radius 2 is 1.74 bits per heavy atom. The van der Waals surface area contributed by atoms with Gasteiger partial charge in [-0.2, -0.15) is 0 Å². The molecule has 2 atom stereocenters. The van der Waals surface area contributed by atoms with Gasteiger partial charge < -0.3 is 9.47 Å². The first-order chi connectivity index (χ1) is 9.21. The van der Waals surface area contributed by atoms with Crippen LogP contribution in [0.5, 0.6) is 0 Å². The molecule has 1 aromatic carbocycles. The number of hydrogen-bond donors (Lipinski definition) is 0. The van der Waals surface area contributed by atoms with Crippen molar-refractivity contribution in [2.24, 2.45) is 0 Å². The van der Waals surface area contributed by atoms with Gasteiger partial charge in [0.15, 0.2) is 0 Å². The van der Waals surface area contributed by atoms with Crippen LogP contribution in [-0.2, 0) is 16.1 Å². The molecule has 2 nitrogen and oxygen atoms in total. The summed E-state index contributed by atoms with van der Waals surface area (Å²) in [5, 5.41) is 0. The number of epoxide rings is 1. The predicted molar refractivity (Wildman–Crippen MR) is 76.9 cm³/mol. The minimum atomic E-state index is 0.131. The highest BCUT2D eigenvalue weighted by Crippen LogP contribution is 2.65. The fraction of sp³-hybridized carbons (Fsp3) is 0.500. The van der Waals surface area contributed by atoms with Crippen LogP contribution in [0.2, 0.25) is 0 Å². The summed E-state index contributed by atoms with van der Waals surface area (Å²) in [7, 11) is 0. The minimum absolute atomic E-state index is 0.131. The maximum absolute atomic E-state index is 6.09. The number of halogens is 1. The van der Waals surface area contributed by atoms with Crippen LogP contribution in [0.1, 0.15) is 31.2 Å². The molecule has 1 heterocycles. The summed E-state index contributed by atoms with van der Waals surface area (Å²) in [5.41, 5.74) is 1.50. The van der Waals surface area contributed by atoms with Crippen LogP contribution in [0.15, 0.2) is 40.9 Å². The maximum Gasteiger partial charge on any atom is 0.104 e. The third-order valence-corrected chi connectivity index (χ3v) is 5.28. The van der Waals surface area contributed by atoms with Crippen LogP contribution in [0.25, 0.3) is 0 Å². The second kappa shape index (κ2) is 4.18. The third kappa shape index (κ3) is 1.91. The average Bonchev–Trinajstić information content (AvgIpc) is 2.95. The lowest BCUT2D eigenvalue weighted by atomic mass is 9.86. The van der Waals surface area contributed by atoms with Crippen molar-refractivity contribution in [3.8, 4) is 0 Å². The molecule has 0 N–H and O–H groups in total. The van der Waals surface area contributed by atoms with Gasteiger partial charge in [0.2, 0.25) is 0 Å². The summed E-state index contributed by atoms with van der Waals surface area (Å²) in [6, 6.07) is 8.35. The van der Waals surface area contributed by atoms with Gasteiger partial charge in [-0.05, 0) is 30.5 Å². The summed E-state index contributed by atoms with van der Waals surface area (Å²) in [4.78, 5) is 0. The second-order valence-corrected chi connectivity index (χ2v) is 6.85. The lowest BCUT2D eigenvalue weighted by Crippen LogP contribution is -2.20. The summed E-state index contributed by atoms with van der Waals surface area (Å²) < 4.78 is 13.2. The largest absolute Gasteiger partial charge is 0.373 e. The van der Waals surface area contributed by atoms with Gasteiger partial charge in [0.05, 0.1) is 12.7 Å². The van der Waals surface area contributed by atoms with Gasteiger partial charge in [-0.3, -0.25) is 0 Å². The second-order valence-electron chi connectivity index (χ2n) is 5.94. The molecule has 0 radical (unpaired) electrons. The fourth-order valence-electron chi connectivity index (χ4n) is 3.69. The molecule has 0 unspecified atom stereocenters. The first-order valence-corrected chi connectivity index (χ1v) is 7.72. The zero-order valence-corrected chi connectivity index (χ0v) is 12.4. The van der Waals surface area contributed by atoms with E-state index < -0.39 is 0 Å². The highest BCUT2D eigenvalue weighted by atomic mass is 79.9. The molecule has 1 saturated carbocycles. The number of hydrogen-bond acceptors (Lipinski definition) is 2. The molecule has 100 valence electrons. The van der Waals surface area contributed by atoms with Crippen LogP contribution in [0.4, 0.5) is 0 Å². The van der Waals surface area contributed by atoms with Crippen LogP contribution < -0.4 is 0 Å². The zero-order valence-electron chi connectivity index (χ0n) is 10.8. The molecule has 1 saturated heterocycles. The van der Waals surface area contributed by atoms with Crippen molar-refractivity contribution < 1.29 is 9.47 Å². The van der Waals surface area contributed by atoms with Crippen molar-refractivity contribution in [3.63, 3.8) is 0 Å². The van der Waals surface area contributed by atoms with Gasteiger partial charge in [-0.15, -0.1) is 0 Å². The Morgan fingerprint density at radius 1 is 1.11 bits per heavy atom. The molecule has 4 rings (SSSR count). The molecule has 3 aliphatic rings. The molecule has 0 spiro atoms. The quantitative estimate of drug-likeness (QED) is 0.620. The van der Waals surface area contributed by atoms with Crippen molar-refractivity contribution >= 4 is 15.9 Å². The molecule has 2 fully saturated rings. The van der Waals surface area contributed by atoms with Crippen molar-refractivity contribution in [1.29, 1.82) is 0 Å². The van der Waals surface area contributed by atoms with Crippen LogP contribution in [0.3, 0.4) is 0 Å². The zero-order chi connectivity index (χ0) is 12.9. The Balaban J connectivity index is 1.37.